The number of benzene rings is 1. The fraction of sp³-hybridized carbons (Fsp3) is 0.167. The molecule has 1 aromatic carbocycles. The van der Waals surface area contributed by atoms with Crippen molar-refractivity contribution >= 4 is 11.6 Å². The fourth-order valence-electron chi connectivity index (χ4n) is 1.55. The van der Waals surface area contributed by atoms with Gasteiger partial charge in [-0.15, -0.1) is 0 Å². The van der Waals surface area contributed by atoms with Crippen molar-refractivity contribution in [2.75, 3.05) is 0 Å². The second kappa shape index (κ2) is 4.38. The molecule has 0 atom stereocenters. The Morgan fingerprint density at radius 3 is 3.00 bits per heavy atom. The summed E-state index contributed by atoms with van der Waals surface area (Å²) < 4.78 is 1.76. The first-order chi connectivity index (χ1) is 7.70. The third-order valence-electron chi connectivity index (χ3n) is 2.32. The highest BCUT2D eigenvalue weighted by Crippen LogP contribution is 2.18. The van der Waals surface area contributed by atoms with Crippen molar-refractivity contribution in [3.63, 3.8) is 0 Å². The molecule has 1 heterocycles. The van der Waals surface area contributed by atoms with Crippen LogP contribution in [0.5, 0.6) is 0 Å². The van der Waals surface area contributed by atoms with Gasteiger partial charge in [-0.3, -0.25) is 0 Å². The molecule has 0 N–H and O–H groups in total. The molecule has 4 heteroatoms. The molecule has 0 bridgehead atoms. The van der Waals surface area contributed by atoms with E-state index in [2.05, 4.69) is 11.2 Å². The van der Waals surface area contributed by atoms with Crippen LogP contribution in [0.4, 0.5) is 0 Å². The molecular formula is C12H10ClN3. The van der Waals surface area contributed by atoms with Gasteiger partial charge in [0.2, 0.25) is 0 Å². The molecule has 0 aliphatic heterocycles. The highest BCUT2D eigenvalue weighted by molar-refractivity contribution is 6.30. The van der Waals surface area contributed by atoms with Crippen LogP contribution in [-0.2, 0) is 6.42 Å². The van der Waals surface area contributed by atoms with Gasteiger partial charge in [-0.2, -0.15) is 10.4 Å². The quantitative estimate of drug-likeness (QED) is 0.798. The predicted molar refractivity (Wildman–Crippen MR) is 62.6 cm³/mol. The zero-order valence-corrected chi connectivity index (χ0v) is 9.57. The largest absolute Gasteiger partial charge is 0.240 e. The Balaban J connectivity index is 2.39. The molecule has 0 amide bonds. The summed E-state index contributed by atoms with van der Waals surface area (Å²) in [6.07, 6.45) is 3.95. The molecule has 0 spiro atoms. The van der Waals surface area contributed by atoms with Gasteiger partial charge in [-0.05, 0) is 30.7 Å². The number of hydrogen-bond acceptors (Lipinski definition) is 2. The number of nitrogens with zero attached hydrogens (tertiary/aromatic N) is 3. The van der Waals surface area contributed by atoms with Crippen LogP contribution >= 0.6 is 11.6 Å². The van der Waals surface area contributed by atoms with Crippen molar-refractivity contribution in [3.05, 3.63) is 46.7 Å². The van der Waals surface area contributed by atoms with E-state index in [9.17, 15) is 0 Å². The van der Waals surface area contributed by atoms with Gasteiger partial charge in [0.1, 0.15) is 0 Å². The van der Waals surface area contributed by atoms with E-state index in [1.807, 2.05) is 31.3 Å². The molecule has 0 saturated heterocycles. The number of aromatic nitrogens is 2. The first kappa shape index (κ1) is 10.7. The minimum Gasteiger partial charge on any atom is -0.240 e. The summed E-state index contributed by atoms with van der Waals surface area (Å²) in [5.74, 6) is 0. The molecule has 2 aromatic rings. The summed E-state index contributed by atoms with van der Waals surface area (Å²) in [5, 5.41) is 13.5. The smallest absolute Gasteiger partial charge is 0.0675 e. The molecular weight excluding hydrogens is 222 g/mol. The number of hydrogen-bond donors (Lipinski definition) is 0. The third kappa shape index (κ3) is 2.07. The molecule has 0 aliphatic rings. The van der Waals surface area contributed by atoms with Crippen molar-refractivity contribution in [3.8, 4) is 11.8 Å². The summed E-state index contributed by atoms with van der Waals surface area (Å²) in [4.78, 5) is 0. The minimum absolute atomic E-state index is 0.382. The Labute approximate surface area is 98.9 Å². The second-order valence-corrected chi connectivity index (χ2v) is 4.00. The van der Waals surface area contributed by atoms with Gasteiger partial charge in [0.05, 0.1) is 24.4 Å². The van der Waals surface area contributed by atoms with Gasteiger partial charge < -0.3 is 0 Å². The van der Waals surface area contributed by atoms with Crippen molar-refractivity contribution < 1.29 is 0 Å². The Morgan fingerprint density at radius 2 is 2.31 bits per heavy atom. The molecule has 16 heavy (non-hydrogen) atoms. The van der Waals surface area contributed by atoms with E-state index in [1.54, 1.807) is 10.9 Å². The van der Waals surface area contributed by atoms with E-state index in [0.717, 1.165) is 16.8 Å². The van der Waals surface area contributed by atoms with Crippen LogP contribution in [0.25, 0.3) is 5.69 Å². The van der Waals surface area contributed by atoms with Crippen molar-refractivity contribution in [2.45, 2.75) is 13.3 Å². The van der Waals surface area contributed by atoms with Gasteiger partial charge in [-0.1, -0.05) is 11.6 Å². The average molecular weight is 232 g/mol. The number of rotatable bonds is 2. The molecule has 0 radical (unpaired) electrons. The van der Waals surface area contributed by atoms with E-state index >= 15 is 0 Å². The summed E-state index contributed by atoms with van der Waals surface area (Å²) in [7, 11) is 0. The first-order valence-electron chi connectivity index (χ1n) is 4.88. The molecule has 0 unspecified atom stereocenters. The van der Waals surface area contributed by atoms with Gasteiger partial charge in [0.25, 0.3) is 0 Å². The van der Waals surface area contributed by atoms with Crippen molar-refractivity contribution in [2.24, 2.45) is 0 Å². The molecule has 3 nitrogen and oxygen atoms in total. The molecule has 2 rings (SSSR count). The standard InChI is InChI=1S/C12H10ClN3/c1-9-6-11(13)2-3-12(9)16-8-10(4-5-14)7-15-16/h2-3,6-8H,4H2,1H3. The lowest BCUT2D eigenvalue weighted by Gasteiger charge is -2.05. The topological polar surface area (TPSA) is 41.6 Å². The summed E-state index contributed by atoms with van der Waals surface area (Å²) >= 11 is 5.89. The first-order valence-corrected chi connectivity index (χ1v) is 5.25. The highest BCUT2D eigenvalue weighted by Gasteiger charge is 2.04. The molecule has 0 aliphatic carbocycles. The summed E-state index contributed by atoms with van der Waals surface area (Å²) in [6.45, 7) is 1.98. The molecule has 80 valence electrons. The SMILES string of the molecule is Cc1cc(Cl)ccc1-n1cc(CC#N)cn1. The third-order valence-corrected chi connectivity index (χ3v) is 2.56. The van der Waals surface area contributed by atoms with Crippen LogP contribution in [-0.4, -0.2) is 9.78 Å². The van der Waals surface area contributed by atoms with Crippen LogP contribution in [0.15, 0.2) is 30.6 Å². The lowest BCUT2D eigenvalue weighted by atomic mass is 10.2. The van der Waals surface area contributed by atoms with E-state index < -0.39 is 0 Å². The molecule has 1 aromatic heterocycles. The fourth-order valence-corrected chi connectivity index (χ4v) is 1.78. The van der Waals surface area contributed by atoms with Crippen LogP contribution in [0.1, 0.15) is 11.1 Å². The summed E-state index contributed by atoms with van der Waals surface area (Å²) in [6, 6.07) is 7.74. The highest BCUT2D eigenvalue weighted by atomic mass is 35.5. The van der Waals surface area contributed by atoms with Gasteiger partial charge >= 0.3 is 0 Å². The predicted octanol–water partition coefficient (Wildman–Crippen LogP) is 2.90. The van der Waals surface area contributed by atoms with E-state index in [-0.39, 0.29) is 0 Å². The Kier molecular flexibility index (Phi) is 2.93. The zero-order valence-electron chi connectivity index (χ0n) is 8.81. The Morgan fingerprint density at radius 1 is 1.50 bits per heavy atom. The summed E-state index contributed by atoms with van der Waals surface area (Å²) in [5.41, 5.74) is 2.95. The maximum Gasteiger partial charge on any atom is 0.0675 e. The van der Waals surface area contributed by atoms with Crippen molar-refractivity contribution in [1.29, 1.82) is 5.26 Å². The maximum atomic E-state index is 8.59. The normalized spacial score (nSPS) is 10.1. The van der Waals surface area contributed by atoms with Crippen LogP contribution in [0.3, 0.4) is 0 Å². The molecule has 0 saturated carbocycles. The monoisotopic (exact) mass is 231 g/mol. The lowest BCUT2D eigenvalue weighted by molar-refractivity contribution is 0.872. The Bertz CT molecular complexity index is 552. The number of nitriles is 1. The number of halogens is 1. The van der Waals surface area contributed by atoms with E-state index in [0.29, 0.717) is 11.4 Å². The van der Waals surface area contributed by atoms with Crippen molar-refractivity contribution in [1.82, 2.24) is 9.78 Å². The zero-order chi connectivity index (χ0) is 11.5. The van der Waals surface area contributed by atoms with Gasteiger partial charge in [-0.25, -0.2) is 4.68 Å². The average Bonchev–Trinajstić information content (AvgIpc) is 2.67. The molecule has 0 fully saturated rings. The lowest BCUT2D eigenvalue weighted by Crippen LogP contribution is -1.96. The number of aryl methyl sites for hydroxylation is 1. The van der Waals surface area contributed by atoms with Gasteiger partial charge in [0.15, 0.2) is 0 Å². The van der Waals surface area contributed by atoms with E-state index in [4.69, 9.17) is 16.9 Å². The van der Waals surface area contributed by atoms with Crippen LogP contribution in [0.2, 0.25) is 5.02 Å². The maximum absolute atomic E-state index is 8.59. The van der Waals surface area contributed by atoms with Crippen LogP contribution in [0, 0.1) is 18.3 Å². The van der Waals surface area contributed by atoms with Gasteiger partial charge in [0, 0.05) is 16.8 Å². The Hall–Kier alpha value is -1.79. The van der Waals surface area contributed by atoms with Crippen LogP contribution < -0.4 is 0 Å². The second-order valence-electron chi connectivity index (χ2n) is 3.56. The minimum atomic E-state index is 0.382. The van der Waals surface area contributed by atoms with E-state index in [1.165, 1.54) is 0 Å².